The Bertz CT molecular complexity index is 3850. The molecule has 0 heterocycles. The van der Waals surface area contributed by atoms with Crippen LogP contribution >= 0.6 is 0 Å². The van der Waals surface area contributed by atoms with Crippen molar-refractivity contribution in [1.29, 1.82) is 0 Å². The van der Waals surface area contributed by atoms with Gasteiger partial charge in [-0.25, -0.2) is 0 Å². The summed E-state index contributed by atoms with van der Waals surface area (Å²) in [7, 11) is 0. The Morgan fingerprint density at radius 3 is 0.848 bits per heavy atom. The SMILES string of the molecule is CC(=O)N[C@@H](Cc1ccc(O)cc1)C(=O)NCC(=O)NCC(=O)N[C@@H](CCCCN)C(=O)N[C@@H](C)C(=O)N[C@@H](C)C(=O)N[C@@H](C)C(=O)N[C@@H](C)C(=O)N[C@@H](CCCCN)C(=O)N[C@@H](C)C(=O)N[C@H](C(=O)N[C@@H](C)C(=O)N[C@@H](C)C(=O)N[C@@H](CCCCN)C(=O)N[C@@H](C)C(=O)N[C@@H](C)C(=O)N[C@@H](C)C(=O)N[C@@H](C)C(=O)N[C@@H](CCCCN)C(N)=O)[C@@H](C)C(F)(F)F. The van der Waals surface area contributed by atoms with Crippen LogP contribution in [0.1, 0.15) is 173 Å². The van der Waals surface area contributed by atoms with Crippen molar-refractivity contribution in [1.82, 2.24) is 101 Å². The van der Waals surface area contributed by atoms with E-state index in [4.69, 9.17) is 28.7 Å². The fraction of sp³-hybridized carbons (Fsp3) is 0.662. The smallest absolute Gasteiger partial charge is 0.394 e. The third-order valence-corrected chi connectivity index (χ3v) is 19.2. The van der Waals surface area contributed by atoms with Crippen LogP contribution in [-0.2, 0) is 102 Å². The number of rotatable bonds is 57. The number of benzene rings is 1. The maximum atomic E-state index is 14.5. The van der Waals surface area contributed by atoms with Crippen LogP contribution in [0.4, 0.5) is 13.2 Å². The van der Waals surface area contributed by atoms with Gasteiger partial charge < -0.3 is 135 Å². The fourth-order valence-electron chi connectivity index (χ4n) is 11.3. The van der Waals surface area contributed by atoms with Crippen molar-refractivity contribution < 1.29 is 114 Å². The lowest BCUT2D eigenvalue weighted by atomic mass is 9.99. The zero-order valence-electron chi connectivity index (χ0n) is 72.8. The van der Waals surface area contributed by atoms with Crippen molar-refractivity contribution in [2.45, 2.75) is 282 Å². The lowest BCUT2D eigenvalue weighted by molar-refractivity contribution is -0.181. The molecule has 0 bridgehead atoms. The number of aromatic hydroxyl groups is 1. The van der Waals surface area contributed by atoms with E-state index in [-0.39, 0.29) is 70.3 Å². The Hall–Kier alpha value is -11.9. The van der Waals surface area contributed by atoms with E-state index in [0.29, 0.717) is 57.6 Å². The number of amides is 20. The second-order valence-corrected chi connectivity index (χ2v) is 30.3. The standard InChI is InChI=1S/C77H129F3N24O21/c1-37(77(78,79)80)59(76(125)98-44(8)67(116)94-47(11)70(119)102-54(24-16-20-32-83)74(123)96-43(7)66(115)91-39(3)62(111)88-40(4)63(112)92-45(9)68(117)101-52(60(85)109)22-14-18-30-81)104-71(120)48(12)97-75(124)55(25-17-21-33-84)103-69(118)46(10)93-64(113)41(5)89-61(110)38(2)90-65(114)42(6)95-73(122)53(23-15-19-31-82)100-58(108)36-86-57(107)35-87-72(121)56(99-49(13)105)34-50-26-28-51(106)29-27-50/h26-29,37-48,52-56,59,106H,14-25,30-36,81-84H2,1-13H3,(H2,85,109)(H,86,107)(H,87,121)(H,88,111)(H,89,110)(H,90,114)(H,91,115)(H,92,112)(H,93,113)(H,94,116)(H,95,122)(H,96,123)(H,97,124)(H,98,125)(H,99,105)(H,100,108)(H,101,117)(H,102,119)(H,103,118)(H,104,120)/t37-,38+,39+,40+,41+,42+,43+,44+,45+,46+,47+,48+,52+,53+,54+,55+,56+,59+/m1/s1. The van der Waals surface area contributed by atoms with Crippen LogP contribution in [0.2, 0.25) is 0 Å². The van der Waals surface area contributed by atoms with E-state index < -0.39 is 246 Å². The molecule has 0 aliphatic carbocycles. The van der Waals surface area contributed by atoms with Gasteiger partial charge in [0, 0.05) is 13.3 Å². The van der Waals surface area contributed by atoms with E-state index in [9.17, 15) is 114 Å². The molecule has 125 heavy (non-hydrogen) atoms. The summed E-state index contributed by atoms with van der Waals surface area (Å²) in [6.45, 7) is 14.6. The van der Waals surface area contributed by atoms with Crippen molar-refractivity contribution in [3.8, 4) is 5.75 Å². The summed E-state index contributed by atoms with van der Waals surface area (Å²) in [5.74, 6) is -21.3. The van der Waals surface area contributed by atoms with Crippen LogP contribution in [0, 0.1) is 5.92 Å². The van der Waals surface area contributed by atoms with Gasteiger partial charge in [0.05, 0.1) is 19.0 Å². The number of alkyl halides is 3. The average molecular weight is 1780 g/mol. The van der Waals surface area contributed by atoms with Crippen molar-refractivity contribution in [2.75, 3.05) is 39.3 Å². The monoisotopic (exact) mass is 1780 g/mol. The molecule has 0 saturated carbocycles. The van der Waals surface area contributed by atoms with E-state index in [2.05, 4.69) is 95.7 Å². The fourth-order valence-corrected chi connectivity index (χ4v) is 11.3. The van der Waals surface area contributed by atoms with E-state index >= 15 is 0 Å². The topological polar surface area (TPSA) is 720 Å². The molecule has 704 valence electrons. The van der Waals surface area contributed by atoms with E-state index in [0.717, 1.165) is 20.8 Å². The molecule has 0 fully saturated rings. The summed E-state index contributed by atoms with van der Waals surface area (Å²) in [5.41, 5.74) is 28.4. The molecule has 0 spiro atoms. The highest BCUT2D eigenvalue weighted by molar-refractivity contribution is 6.01. The summed E-state index contributed by atoms with van der Waals surface area (Å²) >= 11 is 0. The second-order valence-electron chi connectivity index (χ2n) is 30.3. The number of halogens is 3. The van der Waals surface area contributed by atoms with Gasteiger partial charge in [-0.2, -0.15) is 13.2 Å². The van der Waals surface area contributed by atoms with Gasteiger partial charge in [0.25, 0.3) is 0 Å². The highest BCUT2D eigenvalue weighted by atomic mass is 19.4. The largest absolute Gasteiger partial charge is 0.508 e. The third kappa shape index (κ3) is 42.8. The maximum Gasteiger partial charge on any atom is 0.394 e. The van der Waals surface area contributed by atoms with Crippen molar-refractivity contribution in [2.24, 2.45) is 34.6 Å². The number of phenols is 1. The highest BCUT2D eigenvalue weighted by Crippen LogP contribution is 2.29. The van der Waals surface area contributed by atoms with Crippen molar-refractivity contribution >= 4 is 118 Å². The molecule has 45 nitrogen and oxygen atoms in total. The Labute approximate surface area is 722 Å². The van der Waals surface area contributed by atoms with Crippen LogP contribution in [0.5, 0.6) is 5.75 Å². The molecule has 20 amide bonds. The Kier molecular flexibility index (Phi) is 50.4. The van der Waals surface area contributed by atoms with Gasteiger partial charge >= 0.3 is 6.18 Å². The van der Waals surface area contributed by atoms with Gasteiger partial charge in [-0.1, -0.05) is 19.1 Å². The van der Waals surface area contributed by atoms with E-state index in [1.165, 1.54) is 86.6 Å². The minimum Gasteiger partial charge on any atom is -0.508 e. The molecular weight excluding hydrogens is 1650 g/mol. The van der Waals surface area contributed by atoms with Gasteiger partial charge in [0.2, 0.25) is 118 Å². The number of nitrogens with two attached hydrogens (primary N) is 5. The van der Waals surface area contributed by atoms with Gasteiger partial charge in [-0.05, 0) is 197 Å². The molecule has 1 rings (SSSR count). The van der Waals surface area contributed by atoms with Crippen molar-refractivity contribution in [3.63, 3.8) is 0 Å². The first kappa shape index (κ1) is 111. The summed E-state index contributed by atoms with van der Waals surface area (Å²) in [6.07, 6.45) is -2.23. The lowest BCUT2D eigenvalue weighted by Gasteiger charge is -2.29. The first-order valence-corrected chi connectivity index (χ1v) is 41.0. The van der Waals surface area contributed by atoms with E-state index in [1.807, 2.05) is 5.32 Å². The van der Waals surface area contributed by atoms with Gasteiger partial charge in [0.15, 0.2) is 0 Å². The third-order valence-electron chi connectivity index (χ3n) is 19.2. The normalized spacial score (nSPS) is 15.5. The number of carbonyl (C=O) groups is 20. The first-order valence-electron chi connectivity index (χ1n) is 41.0. The number of primary amides is 1. The molecule has 18 atom stereocenters. The molecule has 0 aliphatic heterocycles. The van der Waals surface area contributed by atoms with E-state index in [1.54, 1.807) is 0 Å². The van der Waals surface area contributed by atoms with Crippen LogP contribution in [0.15, 0.2) is 24.3 Å². The van der Waals surface area contributed by atoms with Crippen LogP contribution in [0.25, 0.3) is 0 Å². The Balaban J connectivity index is 3.01. The molecule has 30 N–H and O–H groups in total. The number of hydrogen-bond donors (Lipinski definition) is 25. The molecular formula is C77H129F3N24O21. The molecule has 0 aromatic heterocycles. The van der Waals surface area contributed by atoms with Gasteiger partial charge in [-0.15, -0.1) is 0 Å². The summed E-state index contributed by atoms with van der Waals surface area (Å²) < 4.78 is 43.4. The minimum atomic E-state index is -5.18. The van der Waals surface area contributed by atoms with Crippen molar-refractivity contribution in [3.05, 3.63) is 29.8 Å². The minimum absolute atomic E-state index is 0.0151. The highest BCUT2D eigenvalue weighted by Gasteiger charge is 2.46. The number of carbonyl (C=O) groups excluding carboxylic acids is 20. The summed E-state index contributed by atoms with van der Waals surface area (Å²) in [5, 5.41) is 54.3. The maximum absolute atomic E-state index is 14.5. The molecule has 0 unspecified atom stereocenters. The van der Waals surface area contributed by atoms with Gasteiger partial charge in [0.1, 0.15) is 108 Å². The number of nitrogens with one attached hydrogen (secondary N) is 19. The predicted molar refractivity (Wildman–Crippen MR) is 445 cm³/mol. The number of phenolic OH excluding ortho intramolecular Hbond substituents is 1. The number of hydrogen-bond acceptors (Lipinski definition) is 25. The molecule has 0 saturated heterocycles. The second kappa shape index (κ2) is 56.7. The molecule has 48 heteroatoms. The van der Waals surface area contributed by atoms with Crippen LogP contribution in [0.3, 0.4) is 0 Å². The molecule has 0 aliphatic rings. The predicted octanol–water partition coefficient (Wildman–Crippen LogP) is -8.15. The summed E-state index contributed by atoms with van der Waals surface area (Å²) in [4.78, 5) is 263. The molecule has 0 radical (unpaired) electrons. The Morgan fingerprint density at radius 1 is 0.304 bits per heavy atom. The first-order chi connectivity index (χ1) is 58.4. The van der Waals surface area contributed by atoms with Gasteiger partial charge in [-0.3, -0.25) is 95.9 Å². The summed E-state index contributed by atoms with van der Waals surface area (Å²) in [6, 6.07) is -18.6. The average Bonchev–Trinajstić information content (AvgIpc) is 0.826. The zero-order valence-corrected chi connectivity index (χ0v) is 72.8. The quantitative estimate of drug-likeness (QED) is 0.0269. The molecule has 1 aromatic carbocycles. The van der Waals surface area contributed by atoms with Crippen LogP contribution < -0.4 is 130 Å². The van der Waals surface area contributed by atoms with Crippen LogP contribution in [-0.4, -0.2) is 271 Å². The molecule has 1 aromatic rings. The lowest BCUT2D eigenvalue weighted by Crippen LogP contribution is -2.61. The zero-order chi connectivity index (χ0) is 95.3. The number of unbranched alkanes of at least 4 members (excludes halogenated alkanes) is 4. The Morgan fingerprint density at radius 2 is 0.560 bits per heavy atom.